The highest BCUT2D eigenvalue weighted by atomic mass is 16.2. The number of amides is 3. The fourth-order valence-electron chi connectivity index (χ4n) is 4.09. The first-order valence-electron chi connectivity index (χ1n) is 9.34. The highest BCUT2D eigenvalue weighted by Crippen LogP contribution is 2.31. The first-order chi connectivity index (χ1) is 12.5. The zero-order chi connectivity index (χ0) is 18.4. The van der Waals surface area contributed by atoms with Crippen molar-refractivity contribution in [1.29, 1.82) is 0 Å². The van der Waals surface area contributed by atoms with Crippen molar-refractivity contribution in [2.24, 2.45) is 4.99 Å². The summed E-state index contributed by atoms with van der Waals surface area (Å²) >= 11 is 0. The number of guanidine groups is 1. The van der Waals surface area contributed by atoms with Crippen LogP contribution in [-0.2, 0) is 4.79 Å². The van der Waals surface area contributed by atoms with E-state index in [0.717, 1.165) is 57.5 Å². The number of nitrogens with one attached hydrogen (secondary N) is 1. The number of rotatable bonds is 4. The highest BCUT2D eigenvalue weighted by Gasteiger charge is 2.51. The lowest BCUT2D eigenvalue weighted by molar-refractivity contribution is -0.126. The Morgan fingerprint density at radius 3 is 2.54 bits per heavy atom. The maximum absolute atomic E-state index is 12.3. The van der Waals surface area contributed by atoms with Gasteiger partial charge in [0.1, 0.15) is 0 Å². The summed E-state index contributed by atoms with van der Waals surface area (Å²) in [5.41, 5.74) is 1.08. The second kappa shape index (κ2) is 6.55. The van der Waals surface area contributed by atoms with Crippen LogP contribution in [0.5, 0.6) is 0 Å². The van der Waals surface area contributed by atoms with Gasteiger partial charge in [-0.05, 0) is 13.5 Å². The van der Waals surface area contributed by atoms with Crippen LogP contribution in [-0.4, -0.2) is 107 Å². The third-order valence-electron chi connectivity index (χ3n) is 5.82. The van der Waals surface area contributed by atoms with Gasteiger partial charge >= 0.3 is 6.03 Å². The highest BCUT2D eigenvalue weighted by molar-refractivity contribution is 6.04. The number of fused-ring (bicyclic) bond motifs is 3. The Balaban J connectivity index is 1.43. The van der Waals surface area contributed by atoms with Crippen LogP contribution in [0.25, 0.3) is 0 Å². The van der Waals surface area contributed by atoms with Gasteiger partial charge in [-0.2, -0.15) is 0 Å². The van der Waals surface area contributed by atoms with Crippen LogP contribution < -0.4 is 5.32 Å². The topological polar surface area (TPSA) is 74.7 Å². The molecular weight excluding hydrogens is 334 g/mol. The predicted octanol–water partition coefficient (Wildman–Crippen LogP) is -0.651. The van der Waals surface area contributed by atoms with Gasteiger partial charge in [0.05, 0.1) is 0 Å². The van der Waals surface area contributed by atoms with Gasteiger partial charge in [-0.3, -0.25) is 15.0 Å². The van der Waals surface area contributed by atoms with Gasteiger partial charge in [0.25, 0.3) is 5.91 Å². The molecule has 4 aliphatic heterocycles. The Labute approximate surface area is 153 Å². The van der Waals surface area contributed by atoms with E-state index in [4.69, 9.17) is 4.99 Å². The quantitative estimate of drug-likeness (QED) is 0.717. The number of carbonyl (C=O) groups is 2. The van der Waals surface area contributed by atoms with Gasteiger partial charge in [0.15, 0.2) is 12.2 Å². The first-order valence-corrected chi connectivity index (χ1v) is 9.34. The minimum Gasteiger partial charge on any atom is -0.313 e. The monoisotopic (exact) mass is 361 g/mol. The Bertz CT molecular complexity index is 668. The Kier molecular flexibility index (Phi) is 4.36. The molecule has 9 heteroatoms. The molecule has 26 heavy (non-hydrogen) atoms. The molecule has 4 rings (SSSR count). The van der Waals surface area contributed by atoms with Gasteiger partial charge in [-0.1, -0.05) is 6.92 Å². The van der Waals surface area contributed by atoms with Gasteiger partial charge in [0, 0.05) is 58.2 Å². The van der Waals surface area contributed by atoms with Crippen molar-refractivity contribution in [2.45, 2.75) is 26.1 Å². The summed E-state index contributed by atoms with van der Waals surface area (Å²) < 4.78 is 0. The molecule has 0 aromatic rings. The first kappa shape index (κ1) is 17.3. The Morgan fingerprint density at radius 1 is 1.15 bits per heavy atom. The minimum atomic E-state index is -0.472. The van der Waals surface area contributed by atoms with E-state index in [1.54, 1.807) is 7.05 Å². The van der Waals surface area contributed by atoms with E-state index in [1.165, 1.54) is 4.90 Å². The smallest absolute Gasteiger partial charge is 0.313 e. The van der Waals surface area contributed by atoms with Crippen LogP contribution in [0, 0.1) is 0 Å². The summed E-state index contributed by atoms with van der Waals surface area (Å²) in [6.07, 6.45) is 1.52. The van der Waals surface area contributed by atoms with Crippen molar-refractivity contribution < 1.29 is 9.59 Å². The number of aliphatic imine (C=N–C) groups is 1. The third-order valence-corrected chi connectivity index (χ3v) is 5.82. The summed E-state index contributed by atoms with van der Waals surface area (Å²) in [5.74, 6) is 0.500. The molecule has 0 aromatic heterocycles. The minimum absolute atomic E-state index is 0.279. The van der Waals surface area contributed by atoms with E-state index in [-0.39, 0.29) is 11.9 Å². The molecule has 0 saturated carbocycles. The lowest BCUT2D eigenvalue weighted by atomic mass is 10.1. The molecule has 3 amide bonds. The van der Waals surface area contributed by atoms with Crippen LogP contribution in [0.15, 0.2) is 16.9 Å². The van der Waals surface area contributed by atoms with Gasteiger partial charge in [0.2, 0.25) is 5.96 Å². The summed E-state index contributed by atoms with van der Waals surface area (Å²) in [4.78, 5) is 39.4. The lowest BCUT2D eigenvalue weighted by Crippen LogP contribution is -2.62. The number of urea groups is 1. The molecule has 4 aliphatic rings. The molecule has 4 heterocycles. The molecule has 0 bridgehead atoms. The van der Waals surface area contributed by atoms with Crippen molar-refractivity contribution >= 4 is 17.9 Å². The molecule has 142 valence electrons. The average molecular weight is 361 g/mol. The molecule has 0 aliphatic carbocycles. The average Bonchev–Trinajstić information content (AvgIpc) is 3.14. The second-order valence-electron chi connectivity index (χ2n) is 7.30. The second-order valence-corrected chi connectivity index (χ2v) is 7.30. The van der Waals surface area contributed by atoms with E-state index in [2.05, 4.69) is 26.9 Å². The van der Waals surface area contributed by atoms with Crippen molar-refractivity contribution in [1.82, 2.24) is 29.8 Å². The molecule has 1 N–H and O–H groups in total. The molecule has 2 atom stereocenters. The molecule has 0 radical (unpaired) electrons. The summed E-state index contributed by atoms with van der Waals surface area (Å²) in [6.45, 7) is 11.6. The maximum atomic E-state index is 12.3. The molecular formula is C17H27N7O2. The van der Waals surface area contributed by atoms with E-state index in [9.17, 15) is 9.59 Å². The van der Waals surface area contributed by atoms with Crippen molar-refractivity contribution in [2.75, 3.05) is 52.9 Å². The number of carbonyl (C=O) groups excluding carboxylic acids is 2. The maximum Gasteiger partial charge on any atom is 0.325 e. The molecule has 9 nitrogen and oxygen atoms in total. The van der Waals surface area contributed by atoms with Crippen LogP contribution in [0.3, 0.4) is 0 Å². The van der Waals surface area contributed by atoms with Gasteiger partial charge in [-0.25, -0.2) is 9.79 Å². The van der Waals surface area contributed by atoms with Crippen LogP contribution in [0.1, 0.15) is 13.8 Å². The lowest BCUT2D eigenvalue weighted by Gasteiger charge is -2.35. The summed E-state index contributed by atoms with van der Waals surface area (Å²) in [6, 6.07) is -0.858. The number of imide groups is 1. The number of piperazine rings is 1. The Hall–Kier alpha value is -2.13. The van der Waals surface area contributed by atoms with Crippen molar-refractivity contribution in [3.8, 4) is 0 Å². The Morgan fingerprint density at radius 2 is 1.85 bits per heavy atom. The number of hydrogen-bond acceptors (Lipinski definition) is 7. The fourth-order valence-corrected chi connectivity index (χ4v) is 4.09. The van der Waals surface area contributed by atoms with Crippen LogP contribution in [0.4, 0.5) is 4.79 Å². The fraction of sp³-hybridized carbons (Fsp3) is 0.706. The van der Waals surface area contributed by atoms with Crippen molar-refractivity contribution in [3.63, 3.8) is 0 Å². The van der Waals surface area contributed by atoms with Crippen LogP contribution >= 0.6 is 0 Å². The van der Waals surface area contributed by atoms with E-state index < -0.39 is 12.2 Å². The normalized spacial score (nSPS) is 29.6. The number of hydrogen-bond donors (Lipinski definition) is 1. The van der Waals surface area contributed by atoms with E-state index >= 15 is 0 Å². The van der Waals surface area contributed by atoms with Crippen LogP contribution in [0.2, 0.25) is 0 Å². The summed E-state index contributed by atoms with van der Waals surface area (Å²) in [7, 11) is 1.68. The third kappa shape index (κ3) is 2.75. The van der Waals surface area contributed by atoms with E-state index in [1.807, 2.05) is 18.0 Å². The van der Waals surface area contributed by atoms with E-state index in [0.29, 0.717) is 0 Å². The molecule has 0 spiro atoms. The predicted molar refractivity (Wildman–Crippen MR) is 97.2 cm³/mol. The number of nitrogens with zero attached hydrogens (tertiary/aromatic N) is 6. The molecule has 2 fully saturated rings. The number of allylic oxidation sites excluding steroid dienone is 1. The zero-order valence-corrected chi connectivity index (χ0v) is 15.7. The van der Waals surface area contributed by atoms with Crippen molar-refractivity contribution in [3.05, 3.63) is 11.9 Å². The molecule has 0 aromatic carbocycles. The SMILES string of the molecule is CCN1CCN(CCN2C(C)=CN3C2=NC2C3C(=O)NC(=O)N2C)CC1. The van der Waals surface area contributed by atoms with Gasteiger partial charge < -0.3 is 19.6 Å². The molecule has 2 saturated heterocycles. The standard InChI is InChI=1S/C17H27N7O2/c1-4-21-5-7-22(8-6-21)9-10-23-12(2)11-24-13-14(18-16(23)24)20(3)17(26)19-15(13)25/h11,13-14H,4-10H2,1-3H3,(H,19,25,26). The zero-order valence-electron chi connectivity index (χ0n) is 15.7. The summed E-state index contributed by atoms with van der Waals surface area (Å²) in [5, 5.41) is 2.41. The largest absolute Gasteiger partial charge is 0.325 e. The number of likely N-dealkylation sites (N-methyl/N-ethyl adjacent to an activating group) is 2. The molecule has 2 unspecified atom stereocenters. The van der Waals surface area contributed by atoms with Gasteiger partial charge in [-0.15, -0.1) is 0 Å².